The molecule has 0 fully saturated rings. The van der Waals surface area contributed by atoms with Gasteiger partial charge in [0, 0.05) is 11.8 Å². The molecule has 0 amide bonds. The lowest BCUT2D eigenvalue weighted by Crippen LogP contribution is -2.13. The first kappa shape index (κ1) is 11.1. The standard InChI is InChI=1S/C7H6F3N3O2/c8-7(9,10)5-3(11)1-2-4(6(5)12)13(14)15/h1-2H,11-12H2. The average Bonchev–Trinajstić information content (AvgIpc) is 2.00. The van der Waals surface area contributed by atoms with Crippen LogP contribution in [-0.2, 0) is 6.18 Å². The highest BCUT2D eigenvalue weighted by Crippen LogP contribution is 2.41. The Balaban J connectivity index is 3.51. The van der Waals surface area contributed by atoms with Crippen molar-refractivity contribution in [2.45, 2.75) is 6.18 Å². The van der Waals surface area contributed by atoms with E-state index in [0.29, 0.717) is 0 Å². The molecule has 0 aliphatic carbocycles. The van der Waals surface area contributed by atoms with Crippen molar-refractivity contribution in [3.8, 4) is 0 Å². The Morgan fingerprint density at radius 3 is 2.20 bits per heavy atom. The van der Waals surface area contributed by atoms with Crippen LogP contribution < -0.4 is 11.5 Å². The highest BCUT2D eigenvalue weighted by atomic mass is 19.4. The fraction of sp³-hybridized carbons (Fsp3) is 0.143. The van der Waals surface area contributed by atoms with E-state index in [1.165, 1.54) is 0 Å². The quantitative estimate of drug-likeness (QED) is 0.429. The molecule has 5 nitrogen and oxygen atoms in total. The van der Waals surface area contributed by atoms with Crippen molar-refractivity contribution in [3.63, 3.8) is 0 Å². The molecule has 0 saturated heterocycles. The van der Waals surface area contributed by atoms with Gasteiger partial charge in [-0.2, -0.15) is 13.2 Å². The highest BCUT2D eigenvalue weighted by Gasteiger charge is 2.38. The SMILES string of the molecule is Nc1ccc([N+](=O)[O-])c(N)c1C(F)(F)F. The summed E-state index contributed by atoms with van der Waals surface area (Å²) in [5.74, 6) is 0. The molecule has 0 aliphatic rings. The number of halogens is 3. The number of nitrogen functional groups attached to an aromatic ring is 2. The van der Waals surface area contributed by atoms with E-state index < -0.39 is 33.7 Å². The molecule has 0 saturated carbocycles. The van der Waals surface area contributed by atoms with Gasteiger partial charge in [0.15, 0.2) is 0 Å². The van der Waals surface area contributed by atoms with E-state index in [2.05, 4.69) is 0 Å². The van der Waals surface area contributed by atoms with Crippen LogP contribution in [0.25, 0.3) is 0 Å². The smallest absolute Gasteiger partial charge is 0.398 e. The van der Waals surface area contributed by atoms with Gasteiger partial charge in [-0.3, -0.25) is 10.1 Å². The zero-order valence-corrected chi connectivity index (χ0v) is 7.21. The minimum Gasteiger partial charge on any atom is -0.398 e. The van der Waals surface area contributed by atoms with E-state index >= 15 is 0 Å². The monoisotopic (exact) mass is 221 g/mol. The molecule has 0 heterocycles. The maximum atomic E-state index is 12.4. The van der Waals surface area contributed by atoms with Crippen molar-refractivity contribution in [2.24, 2.45) is 0 Å². The maximum Gasteiger partial charge on any atom is 0.420 e. The van der Waals surface area contributed by atoms with Gasteiger partial charge in [0.1, 0.15) is 11.3 Å². The van der Waals surface area contributed by atoms with Crippen LogP contribution >= 0.6 is 0 Å². The summed E-state index contributed by atoms with van der Waals surface area (Å²) in [6.07, 6.45) is -4.81. The second kappa shape index (κ2) is 3.30. The second-order valence-electron chi connectivity index (χ2n) is 2.72. The van der Waals surface area contributed by atoms with E-state index in [-0.39, 0.29) is 0 Å². The largest absolute Gasteiger partial charge is 0.420 e. The minimum atomic E-state index is -4.81. The molecule has 1 aromatic rings. The Morgan fingerprint density at radius 2 is 1.80 bits per heavy atom. The Hall–Kier alpha value is -1.99. The predicted molar refractivity (Wildman–Crippen MR) is 46.9 cm³/mol. The number of rotatable bonds is 1. The molecule has 82 valence electrons. The van der Waals surface area contributed by atoms with E-state index in [9.17, 15) is 23.3 Å². The van der Waals surface area contributed by atoms with Crippen LogP contribution in [0.2, 0.25) is 0 Å². The molecule has 4 N–H and O–H groups in total. The van der Waals surface area contributed by atoms with Crippen molar-refractivity contribution in [1.82, 2.24) is 0 Å². The molecule has 0 bridgehead atoms. The van der Waals surface area contributed by atoms with Crippen LogP contribution in [0.5, 0.6) is 0 Å². The number of anilines is 2. The minimum absolute atomic E-state index is 0.634. The zero-order chi connectivity index (χ0) is 11.8. The van der Waals surface area contributed by atoms with E-state index in [4.69, 9.17) is 11.5 Å². The first-order valence-electron chi connectivity index (χ1n) is 3.64. The number of nitrogens with zero attached hydrogens (tertiary/aromatic N) is 1. The Kier molecular flexibility index (Phi) is 2.44. The van der Waals surface area contributed by atoms with Crippen molar-refractivity contribution in [1.29, 1.82) is 0 Å². The molecule has 0 spiro atoms. The third kappa shape index (κ3) is 1.92. The number of nitro benzene ring substituents is 1. The third-order valence-electron chi connectivity index (χ3n) is 1.73. The van der Waals surface area contributed by atoms with Crippen molar-refractivity contribution >= 4 is 17.1 Å². The molecular weight excluding hydrogens is 215 g/mol. The summed E-state index contributed by atoms with van der Waals surface area (Å²) in [4.78, 5) is 9.33. The van der Waals surface area contributed by atoms with Crippen LogP contribution in [0.1, 0.15) is 5.56 Å². The molecular formula is C7H6F3N3O2. The normalized spacial score (nSPS) is 11.4. The molecule has 8 heteroatoms. The van der Waals surface area contributed by atoms with Gasteiger partial charge in [-0.25, -0.2) is 0 Å². The molecule has 0 aromatic heterocycles. The lowest BCUT2D eigenvalue weighted by Gasteiger charge is -2.12. The maximum absolute atomic E-state index is 12.4. The van der Waals surface area contributed by atoms with Gasteiger partial charge in [0.2, 0.25) is 0 Å². The fourth-order valence-electron chi connectivity index (χ4n) is 1.10. The number of hydrogen-bond donors (Lipinski definition) is 2. The van der Waals surface area contributed by atoms with E-state index in [1.54, 1.807) is 0 Å². The number of alkyl halides is 3. The van der Waals surface area contributed by atoms with Gasteiger partial charge in [-0.15, -0.1) is 0 Å². The lowest BCUT2D eigenvalue weighted by molar-refractivity contribution is -0.384. The molecule has 0 radical (unpaired) electrons. The summed E-state index contributed by atoms with van der Waals surface area (Å²) in [7, 11) is 0. The van der Waals surface area contributed by atoms with Crippen LogP contribution in [-0.4, -0.2) is 4.92 Å². The summed E-state index contributed by atoms with van der Waals surface area (Å²) in [5, 5.41) is 10.3. The van der Waals surface area contributed by atoms with Crippen molar-refractivity contribution in [3.05, 3.63) is 27.8 Å². The highest BCUT2D eigenvalue weighted by molar-refractivity contribution is 5.72. The van der Waals surface area contributed by atoms with E-state index in [1.807, 2.05) is 0 Å². The van der Waals surface area contributed by atoms with Gasteiger partial charge in [-0.05, 0) is 6.07 Å². The molecule has 0 aliphatic heterocycles. The van der Waals surface area contributed by atoms with Gasteiger partial charge < -0.3 is 11.5 Å². The summed E-state index contributed by atoms with van der Waals surface area (Å²) in [6, 6.07) is 1.64. The van der Waals surface area contributed by atoms with E-state index in [0.717, 1.165) is 12.1 Å². The molecule has 0 unspecified atom stereocenters. The van der Waals surface area contributed by atoms with Gasteiger partial charge in [0.05, 0.1) is 4.92 Å². The molecule has 1 aromatic carbocycles. The predicted octanol–water partition coefficient (Wildman–Crippen LogP) is 1.78. The number of hydrogen-bond acceptors (Lipinski definition) is 4. The van der Waals surface area contributed by atoms with Crippen molar-refractivity contribution in [2.75, 3.05) is 11.5 Å². The van der Waals surface area contributed by atoms with Crippen LogP contribution in [0, 0.1) is 10.1 Å². The lowest BCUT2D eigenvalue weighted by atomic mass is 10.1. The van der Waals surface area contributed by atoms with Crippen molar-refractivity contribution < 1.29 is 18.1 Å². The fourth-order valence-corrected chi connectivity index (χ4v) is 1.10. The van der Waals surface area contributed by atoms with Gasteiger partial charge in [-0.1, -0.05) is 0 Å². The first-order valence-corrected chi connectivity index (χ1v) is 3.64. The number of nitro groups is 1. The Labute approximate surface area is 81.6 Å². The second-order valence-corrected chi connectivity index (χ2v) is 2.72. The Morgan fingerprint density at radius 1 is 1.27 bits per heavy atom. The molecule has 1 rings (SSSR count). The number of benzene rings is 1. The summed E-state index contributed by atoms with van der Waals surface area (Å²) < 4.78 is 37.1. The van der Waals surface area contributed by atoms with Crippen LogP contribution in [0.3, 0.4) is 0 Å². The molecule has 0 atom stereocenters. The van der Waals surface area contributed by atoms with Gasteiger partial charge in [0.25, 0.3) is 5.69 Å². The topological polar surface area (TPSA) is 95.2 Å². The zero-order valence-electron chi connectivity index (χ0n) is 7.21. The molecule has 15 heavy (non-hydrogen) atoms. The van der Waals surface area contributed by atoms with Crippen LogP contribution in [0.15, 0.2) is 12.1 Å². The first-order chi connectivity index (χ1) is 6.75. The van der Waals surface area contributed by atoms with Crippen LogP contribution in [0.4, 0.5) is 30.2 Å². The summed E-state index contributed by atoms with van der Waals surface area (Å²) >= 11 is 0. The average molecular weight is 221 g/mol. The van der Waals surface area contributed by atoms with Gasteiger partial charge >= 0.3 is 6.18 Å². The number of nitrogens with two attached hydrogens (primary N) is 2. The summed E-state index contributed by atoms with van der Waals surface area (Å²) in [5.41, 5.74) is 6.31. The summed E-state index contributed by atoms with van der Waals surface area (Å²) in [6.45, 7) is 0. The Bertz CT molecular complexity index is 417. The third-order valence-corrected chi connectivity index (χ3v) is 1.73.